The maximum atomic E-state index is 13.0. The first-order chi connectivity index (χ1) is 15.5. The van der Waals surface area contributed by atoms with Crippen LogP contribution < -0.4 is 10.6 Å². The van der Waals surface area contributed by atoms with Crippen molar-refractivity contribution >= 4 is 23.6 Å². The largest absolute Gasteiger partial charge is 0.444 e. The molecule has 1 aliphatic rings. The maximum absolute atomic E-state index is 13.0. The molecule has 2 aromatic carbocycles. The van der Waals surface area contributed by atoms with Gasteiger partial charge in [-0.2, -0.15) is 0 Å². The number of nitrogens with zero attached hydrogens (tertiary/aromatic N) is 1. The summed E-state index contributed by atoms with van der Waals surface area (Å²) < 4.78 is 5.53. The van der Waals surface area contributed by atoms with Crippen molar-refractivity contribution in [3.63, 3.8) is 0 Å². The van der Waals surface area contributed by atoms with E-state index >= 15 is 0 Å². The Kier molecular flexibility index (Phi) is 7.41. The molecule has 1 unspecified atom stereocenters. The van der Waals surface area contributed by atoms with Crippen LogP contribution in [0.15, 0.2) is 48.5 Å². The molecule has 2 aromatic rings. The first-order valence-electron chi connectivity index (χ1n) is 11.3. The minimum atomic E-state index is -0.757. The fourth-order valence-corrected chi connectivity index (χ4v) is 3.71. The summed E-state index contributed by atoms with van der Waals surface area (Å²) in [4.78, 5) is 39.7. The minimum absolute atomic E-state index is 0.189. The van der Waals surface area contributed by atoms with E-state index in [1.807, 2.05) is 48.5 Å². The number of rotatable bonds is 5. The van der Waals surface area contributed by atoms with Crippen molar-refractivity contribution in [3.8, 4) is 0 Å². The Morgan fingerprint density at radius 3 is 2.27 bits per heavy atom. The topological polar surface area (TPSA) is 87.7 Å². The van der Waals surface area contributed by atoms with Crippen LogP contribution in [0.5, 0.6) is 0 Å². The number of fused-ring (bicyclic) bond motifs is 1. The van der Waals surface area contributed by atoms with Crippen LogP contribution in [0.25, 0.3) is 0 Å². The molecule has 0 aromatic heterocycles. The van der Waals surface area contributed by atoms with E-state index in [0.29, 0.717) is 18.0 Å². The van der Waals surface area contributed by atoms with E-state index in [-0.39, 0.29) is 24.9 Å². The second kappa shape index (κ2) is 10.1. The van der Waals surface area contributed by atoms with Gasteiger partial charge in [-0.15, -0.1) is 0 Å². The zero-order chi connectivity index (χ0) is 24.2. The fraction of sp³-hybridized carbons (Fsp3) is 0.423. The zero-order valence-corrected chi connectivity index (χ0v) is 20.0. The number of benzene rings is 2. The van der Waals surface area contributed by atoms with Crippen molar-refractivity contribution in [2.45, 2.75) is 65.1 Å². The van der Waals surface area contributed by atoms with Crippen LogP contribution in [0.1, 0.15) is 57.2 Å². The molecular weight excluding hydrogens is 418 g/mol. The number of hydrogen-bond acceptors (Lipinski definition) is 4. The van der Waals surface area contributed by atoms with Gasteiger partial charge in [-0.05, 0) is 55.5 Å². The van der Waals surface area contributed by atoms with Crippen LogP contribution in [0, 0.1) is 0 Å². The molecule has 0 saturated heterocycles. The van der Waals surface area contributed by atoms with Crippen molar-refractivity contribution in [3.05, 3.63) is 65.2 Å². The van der Waals surface area contributed by atoms with Crippen molar-refractivity contribution in [1.29, 1.82) is 0 Å². The van der Waals surface area contributed by atoms with E-state index in [2.05, 4.69) is 24.5 Å². The molecule has 0 saturated carbocycles. The highest BCUT2D eigenvalue weighted by Gasteiger charge is 2.37. The van der Waals surface area contributed by atoms with Crippen LogP contribution in [0.3, 0.4) is 0 Å². The van der Waals surface area contributed by atoms with Gasteiger partial charge in [0.2, 0.25) is 11.8 Å². The highest BCUT2D eigenvalue weighted by Crippen LogP contribution is 2.25. The molecule has 3 rings (SSSR count). The third-order valence-electron chi connectivity index (χ3n) is 5.46. The lowest BCUT2D eigenvalue weighted by Crippen LogP contribution is -2.54. The molecule has 0 fully saturated rings. The van der Waals surface area contributed by atoms with Crippen LogP contribution in [-0.2, 0) is 27.3 Å². The Bertz CT molecular complexity index is 1010. The van der Waals surface area contributed by atoms with E-state index in [9.17, 15) is 14.4 Å². The number of nitrogens with one attached hydrogen (secondary N) is 2. The van der Waals surface area contributed by atoms with Gasteiger partial charge in [0.1, 0.15) is 11.6 Å². The molecule has 3 amide bonds. The normalized spacial score (nSPS) is 15.6. The smallest absolute Gasteiger partial charge is 0.411 e. The Balaban J connectivity index is 1.65. The maximum Gasteiger partial charge on any atom is 0.411 e. The predicted octanol–water partition coefficient (Wildman–Crippen LogP) is 4.23. The Morgan fingerprint density at radius 2 is 1.67 bits per heavy atom. The summed E-state index contributed by atoms with van der Waals surface area (Å²) in [5.41, 5.74) is 3.16. The molecule has 1 aliphatic heterocycles. The summed E-state index contributed by atoms with van der Waals surface area (Å²) in [7, 11) is 0. The van der Waals surface area contributed by atoms with E-state index < -0.39 is 17.7 Å². The lowest BCUT2D eigenvalue weighted by atomic mass is 9.94. The van der Waals surface area contributed by atoms with E-state index in [4.69, 9.17) is 4.74 Å². The van der Waals surface area contributed by atoms with Gasteiger partial charge in [-0.3, -0.25) is 14.5 Å². The highest BCUT2D eigenvalue weighted by atomic mass is 16.6. The molecular formula is C26H33N3O4. The highest BCUT2D eigenvalue weighted by molar-refractivity contribution is 5.96. The first-order valence-corrected chi connectivity index (χ1v) is 11.3. The van der Waals surface area contributed by atoms with Gasteiger partial charge in [-0.1, -0.05) is 50.2 Å². The summed E-state index contributed by atoms with van der Waals surface area (Å²) in [6.45, 7) is 9.66. The summed E-state index contributed by atoms with van der Waals surface area (Å²) in [5.74, 6) is -0.316. The molecule has 0 bridgehead atoms. The average Bonchev–Trinajstić information content (AvgIpc) is 2.75. The van der Waals surface area contributed by atoms with Crippen molar-refractivity contribution < 1.29 is 19.1 Å². The van der Waals surface area contributed by atoms with Crippen LogP contribution >= 0.6 is 0 Å². The summed E-state index contributed by atoms with van der Waals surface area (Å²) in [6.07, 6.45) is -0.189. The molecule has 7 heteroatoms. The van der Waals surface area contributed by atoms with Gasteiger partial charge in [0.25, 0.3) is 0 Å². The van der Waals surface area contributed by atoms with Gasteiger partial charge in [0, 0.05) is 12.1 Å². The van der Waals surface area contributed by atoms with E-state index in [1.54, 1.807) is 20.8 Å². The van der Waals surface area contributed by atoms with Crippen molar-refractivity contribution in [1.82, 2.24) is 10.2 Å². The van der Waals surface area contributed by atoms with Gasteiger partial charge >= 0.3 is 6.09 Å². The van der Waals surface area contributed by atoms with Crippen molar-refractivity contribution in [2.24, 2.45) is 0 Å². The summed E-state index contributed by atoms with van der Waals surface area (Å²) >= 11 is 0. The van der Waals surface area contributed by atoms with Gasteiger partial charge in [0.05, 0.1) is 13.1 Å². The molecule has 0 radical (unpaired) electrons. The molecule has 0 aliphatic carbocycles. The average molecular weight is 452 g/mol. The Morgan fingerprint density at radius 1 is 1.03 bits per heavy atom. The second-order valence-corrected chi connectivity index (χ2v) is 9.64. The van der Waals surface area contributed by atoms with Crippen LogP contribution in [0.4, 0.5) is 10.5 Å². The van der Waals surface area contributed by atoms with Gasteiger partial charge in [-0.25, -0.2) is 4.79 Å². The molecule has 2 N–H and O–H groups in total. The number of carbonyl (C=O) groups is 3. The monoisotopic (exact) mass is 451 g/mol. The zero-order valence-electron chi connectivity index (χ0n) is 20.0. The third-order valence-corrected chi connectivity index (χ3v) is 5.46. The molecule has 7 nitrogen and oxygen atoms in total. The SMILES string of the molecule is CC(C)c1ccc(NC(=O)CNC(=O)C2Cc3ccccc3CN2C(=O)OC(C)(C)C)cc1. The first kappa shape index (κ1) is 24.3. The Hall–Kier alpha value is -3.35. The third kappa shape index (κ3) is 6.57. The minimum Gasteiger partial charge on any atom is -0.444 e. The van der Waals surface area contributed by atoms with Crippen LogP contribution in [-0.4, -0.2) is 41.0 Å². The number of amides is 3. The van der Waals surface area contributed by atoms with E-state index in [0.717, 1.165) is 11.1 Å². The molecule has 176 valence electrons. The second-order valence-electron chi connectivity index (χ2n) is 9.64. The molecule has 1 atom stereocenters. The van der Waals surface area contributed by atoms with Crippen molar-refractivity contribution in [2.75, 3.05) is 11.9 Å². The van der Waals surface area contributed by atoms with Gasteiger partial charge in [0.15, 0.2) is 0 Å². The lowest BCUT2D eigenvalue weighted by molar-refractivity contribution is -0.128. The number of ether oxygens (including phenoxy) is 1. The fourth-order valence-electron chi connectivity index (χ4n) is 3.71. The molecule has 0 spiro atoms. The summed E-state index contributed by atoms with van der Waals surface area (Å²) in [5, 5.41) is 5.47. The predicted molar refractivity (Wildman–Crippen MR) is 128 cm³/mol. The van der Waals surface area contributed by atoms with E-state index in [1.165, 1.54) is 10.5 Å². The molecule has 33 heavy (non-hydrogen) atoms. The van der Waals surface area contributed by atoms with Gasteiger partial charge < -0.3 is 15.4 Å². The summed E-state index contributed by atoms with van der Waals surface area (Å²) in [6, 6.07) is 14.6. The number of anilines is 1. The number of hydrogen-bond donors (Lipinski definition) is 2. The lowest BCUT2D eigenvalue weighted by Gasteiger charge is -2.36. The van der Waals surface area contributed by atoms with Crippen LogP contribution in [0.2, 0.25) is 0 Å². The number of carbonyl (C=O) groups excluding carboxylic acids is 3. The quantitative estimate of drug-likeness (QED) is 0.712. The molecule has 1 heterocycles. The standard InChI is InChI=1S/C26H33N3O4/c1-17(2)18-10-12-21(13-11-18)28-23(30)15-27-24(31)22-14-19-8-6-7-9-20(19)16-29(22)25(32)33-26(3,4)5/h6-13,17,22H,14-16H2,1-5H3,(H,27,31)(H,28,30). The Labute approximate surface area is 195 Å².